The minimum Gasteiger partial charge on any atom is -0.460 e. The second kappa shape index (κ2) is 45.7. The minimum atomic E-state index is -1.46. The summed E-state index contributed by atoms with van der Waals surface area (Å²) in [6.07, 6.45) is -14.0. The second-order valence-corrected chi connectivity index (χ2v) is 29.3. The van der Waals surface area contributed by atoms with Crippen LogP contribution in [0.3, 0.4) is 0 Å². The molecule has 16 N–H and O–H groups in total. The molecule has 588 valence electrons. The average molecular weight is 1450 g/mol. The molecule has 0 radical (unpaired) electrons. The molecular weight excluding hydrogens is 1330 g/mol. The maximum atomic E-state index is 11.6. The van der Waals surface area contributed by atoms with Gasteiger partial charge in [0.05, 0.1) is 50.8 Å². The van der Waals surface area contributed by atoms with E-state index in [-0.39, 0.29) is 36.4 Å². The van der Waals surface area contributed by atoms with E-state index < -0.39 is 184 Å². The van der Waals surface area contributed by atoms with Gasteiger partial charge in [-0.3, -0.25) is 9.59 Å². The number of rotatable bonds is 30. The molecule has 32 heteroatoms. The summed E-state index contributed by atoms with van der Waals surface area (Å²) in [4.78, 5) is 46.3. The van der Waals surface area contributed by atoms with Gasteiger partial charge in [0.1, 0.15) is 120 Å². The van der Waals surface area contributed by atoms with Crippen LogP contribution >= 0.6 is 0 Å². The Morgan fingerprint density at radius 2 is 0.550 bits per heavy atom. The largest absolute Gasteiger partial charge is 0.460 e. The second-order valence-electron chi connectivity index (χ2n) is 29.3. The first-order valence-corrected chi connectivity index (χ1v) is 34.3. The summed E-state index contributed by atoms with van der Waals surface area (Å²) in [6, 6.07) is 0. The third-order valence-corrected chi connectivity index (χ3v) is 15.0. The van der Waals surface area contributed by atoms with E-state index in [9.17, 15) is 80.5 Å². The van der Waals surface area contributed by atoms with Crippen LogP contribution in [0.4, 0.5) is 0 Å². The summed E-state index contributed by atoms with van der Waals surface area (Å²) in [6.45, 7) is 26.7. The zero-order valence-electron chi connectivity index (χ0n) is 61.2. The fourth-order valence-electron chi connectivity index (χ4n) is 9.79. The van der Waals surface area contributed by atoms with Crippen molar-refractivity contribution in [1.82, 2.24) is 0 Å². The van der Waals surface area contributed by atoms with Gasteiger partial charge < -0.3 is 139 Å². The van der Waals surface area contributed by atoms with Crippen LogP contribution in [0.1, 0.15) is 188 Å². The van der Waals surface area contributed by atoms with Crippen molar-refractivity contribution in [2.45, 2.75) is 357 Å². The Morgan fingerprint density at radius 3 is 0.760 bits per heavy atom. The van der Waals surface area contributed by atoms with E-state index in [1.807, 2.05) is 41.5 Å². The molecule has 4 aliphatic heterocycles. The van der Waals surface area contributed by atoms with Crippen molar-refractivity contribution in [2.24, 2.45) is 0 Å². The predicted octanol–water partition coefficient (Wildman–Crippen LogP) is -0.0740. The number of aliphatic hydroxyl groups excluding tert-OH is 16. The topological polar surface area (TPSA) is 503 Å². The van der Waals surface area contributed by atoms with Gasteiger partial charge in [0.15, 0.2) is 25.2 Å². The zero-order chi connectivity index (χ0) is 76.8. The Balaban J connectivity index is 0.000000667. The third-order valence-electron chi connectivity index (χ3n) is 15.0. The number of carbonyl (C=O) groups is 4. The number of ether oxygens (including phenoxy) is 12. The molecule has 4 heterocycles. The van der Waals surface area contributed by atoms with E-state index in [0.717, 1.165) is 12.8 Å². The number of allylic oxidation sites excluding steroid dienone is 2. The van der Waals surface area contributed by atoms with E-state index in [1.54, 1.807) is 81.4 Å². The monoisotopic (exact) mass is 1450 g/mol. The molecule has 24 atom stereocenters. The SMILES string of the molecule is CC(CC/C=C/C(=O)OC(C)(C)C)O[C@@H]1OC(CO)[C@@H](O)[C@@H](O)C1O.CC(CC/C=C/C(=O)OC(C)(C)C)O[C@H]1OC(CO)[C@@H](O)[C@@H](O)C1O.CC(CCCCC(=O)OC(C)(C)C)O[C@@H]1OC(CO)[C@@H](O)[C@@H](O)C1O.CC(CCCCC(=O)OC(C)(C)C)O[C@H]1OC(CO)[C@@H](O)[C@@H](O)C1O. The molecule has 32 nitrogen and oxygen atoms in total. The molecule has 0 saturated carbocycles. The molecule has 0 aromatic carbocycles. The molecule has 4 saturated heterocycles. The molecular formula is C68H124O32. The number of hydrogen-bond donors (Lipinski definition) is 16. The smallest absolute Gasteiger partial charge is 0.330 e. The quantitative estimate of drug-likeness (QED) is 0.0194. The van der Waals surface area contributed by atoms with E-state index in [0.29, 0.717) is 64.2 Å². The number of aliphatic hydroxyl groups is 16. The first-order chi connectivity index (χ1) is 46.2. The summed E-state index contributed by atoms with van der Waals surface area (Å²) in [5.74, 6) is -1.32. The fourth-order valence-corrected chi connectivity index (χ4v) is 9.79. The van der Waals surface area contributed by atoms with E-state index in [2.05, 4.69) is 0 Å². The Bertz CT molecular complexity index is 2170. The highest BCUT2D eigenvalue weighted by Crippen LogP contribution is 2.29. The molecule has 4 aliphatic rings. The Kier molecular flexibility index (Phi) is 43.1. The molecule has 4 rings (SSSR count). The zero-order valence-corrected chi connectivity index (χ0v) is 61.2. The van der Waals surface area contributed by atoms with Gasteiger partial charge in [0, 0.05) is 25.0 Å². The van der Waals surface area contributed by atoms with Crippen LogP contribution in [-0.2, 0) is 76.0 Å². The highest BCUT2D eigenvalue weighted by Gasteiger charge is 2.48. The van der Waals surface area contributed by atoms with Crippen LogP contribution < -0.4 is 0 Å². The van der Waals surface area contributed by atoms with Crippen LogP contribution in [0.5, 0.6) is 0 Å². The maximum absolute atomic E-state index is 11.6. The molecule has 0 aromatic rings. The first-order valence-electron chi connectivity index (χ1n) is 34.3. The van der Waals surface area contributed by atoms with Crippen molar-refractivity contribution >= 4 is 23.9 Å². The van der Waals surface area contributed by atoms with Crippen molar-refractivity contribution < 1.29 is 158 Å². The Labute approximate surface area is 588 Å². The number of unbranched alkanes of at least 4 members (excludes halogenated alkanes) is 2. The van der Waals surface area contributed by atoms with Crippen LogP contribution in [0, 0.1) is 0 Å². The van der Waals surface area contributed by atoms with Gasteiger partial charge in [-0.2, -0.15) is 0 Å². The van der Waals surface area contributed by atoms with Crippen LogP contribution in [0.2, 0.25) is 0 Å². The summed E-state index contributed by atoms with van der Waals surface area (Å²) in [5.41, 5.74) is -2.06. The number of carbonyl (C=O) groups excluding carboxylic acids is 4. The standard InChI is InChI=1S/2C17H32O8.2C17H30O8/c4*1-10(7-5-6-8-12(19)25-17(2,3)4)23-16-15(22)14(21)13(20)11(9-18)24-16/h2*10-11,13-16,18,20-22H,5-9H2,1-4H3;2*6,8,10-11,13-16,18,20-22H,5,7,9H2,1-4H3/b;;2*8-6+/t10?,11?,13-,14-,15?,16+;10?,11?,13-,14-,15?,16-;10?,11?,13-,14-,15?,16+;10?,11?,13-,14-,15?,16-/m1111/s1. The molecule has 0 aromatic heterocycles. The molecule has 0 aliphatic carbocycles. The average Bonchev–Trinajstić information content (AvgIpc) is 0.838. The molecule has 0 amide bonds. The summed E-state index contributed by atoms with van der Waals surface area (Å²) < 4.78 is 64.1. The van der Waals surface area contributed by atoms with Crippen molar-refractivity contribution in [3.8, 4) is 0 Å². The molecule has 12 unspecified atom stereocenters. The van der Waals surface area contributed by atoms with Gasteiger partial charge in [-0.15, -0.1) is 0 Å². The lowest BCUT2D eigenvalue weighted by Crippen LogP contribution is -2.59. The maximum Gasteiger partial charge on any atom is 0.330 e. The van der Waals surface area contributed by atoms with E-state index in [4.69, 9.17) is 77.3 Å². The Hall–Kier alpha value is -3.60. The summed E-state index contributed by atoms with van der Waals surface area (Å²) in [7, 11) is 0. The van der Waals surface area contributed by atoms with Crippen molar-refractivity contribution in [2.75, 3.05) is 26.4 Å². The summed E-state index contributed by atoms with van der Waals surface area (Å²) >= 11 is 0. The lowest BCUT2D eigenvalue weighted by atomic mass is 9.99. The number of hydrogen-bond acceptors (Lipinski definition) is 32. The molecule has 0 bridgehead atoms. The first kappa shape index (κ1) is 94.4. The molecule has 4 fully saturated rings. The van der Waals surface area contributed by atoms with Crippen molar-refractivity contribution in [1.29, 1.82) is 0 Å². The van der Waals surface area contributed by atoms with E-state index >= 15 is 0 Å². The highest BCUT2D eigenvalue weighted by molar-refractivity contribution is 5.82. The lowest BCUT2D eigenvalue weighted by Gasteiger charge is -2.40. The third kappa shape index (κ3) is 37.4. The van der Waals surface area contributed by atoms with Gasteiger partial charge in [-0.05, 0) is 162 Å². The van der Waals surface area contributed by atoms with Crippen LogP contribution in [0.25, 0.3) is 0 Å². The van der Waals surface area contributed by atoms with Gasteiger partial charge in [0.2, 0.25) is 0 Å². The fraction of sp³-hybridized carbons (Fsp3) is 0.882. The normalized spacial score (nSPS) is 31.8. The predicted molar refractivity (Wildman–Crippen MR) is 354 cm³/mol. The minimum absolute atomic E-state index is 0.241. The number of esters is 4. The van der Waals surface area contributed by atoms with Crippen LogP contribution in [0.15, 0.2) is 24.3 Å². The Morgan fingerprint density at radius 1 is 0.330 bits per heavy atom. The van der Waals surface area contributed by atoms with Crippen molar-refractivity contribution in [3.05, 3.63) is 24.3 Å². The summed E-state index contributed by atoms with van der Waals surface area (Å²) in [5, 5.41) is 154. The van der Waals surface area contributed by atoms with Gasteiger partial charge in [-0.25, -0.2) is 9.59 Å². The van der Waals surface area contributed by atoms with Crippen LogP contribution in [-0.4, -0.2) is 302 Å². The van der Waals surface area contributed by atoms with Crippen molar-refractivity contribution in [3.63, 3.8) is 0 Å². The lowest BCUT2D eigenvalue weighted by molar-refractivity contribution is -0.310. The van der Waals surface area contributed by atoms with Gasteiger partial charge in [0.25, 0.3) is 0 Å². The highest BCUT2D eigenvalue weighted by atomic mass is 16.7. The van der Waals surface area contributed by atoms with Gasteiger partial charge >= 0.3 is 23.9 Å². The molecule has 100 heavy (non-hydrogen) atoms. The van der Waals surface area contributed by atoms with Gasteiger partial charge in [-0.1, -0.05) is 25.0 Å². The van der Waals surface area contributed by atoms with E-state index in [1.165, 1.54) is 12.2 Å². The molecule has 0 spiro atoms.